The predicted molar refractivity (Wildman–Crippen MR) is 101 cm³/mol. The molecule has 0 atom stereocenters. The Hall–Kier alpha value is -3.72. The Labute approximate surface area is 155 Å². The second-order valence-electron chi connectivity index (χ2n) is 6.16. The third-order valence-corrected chi connectivity index (χ3v) is 4.44. The number of oxazole rings is 1. The molecule has 0 aliphatic heterocycles. The number of aromatic nitrogens is 2. The molecule has 2 aromatic heterocycles. The summed E-state index contributed by atoms with van der Waals surface area (Å²) in [5.41, 5.74) is 2.88. The summed E-state index contributed by atoms with van der Waals surface area (Å²) in [6, 6.07) is 15.0. The number of aryl methyl sites for hydroxylation is 1. The number of halogens is 1. The van der Waals surface area contributed by atoms with Crippen LogP contribution >= 0.6 is 0 Å². The van der Waals surface area contributed by atoms with Crippen molar-refractivity contribution in [2.75, 3.05) is 5.32 Å². The predicted octanol–water partition coefficient (Wildman–Crippen LogP) is 5.26. The second kappa shape index (κ2) is 6.54. The summed E-state index contributed by atoms with van der Waals surface area (Å²) >= 11 is 0. The molecule has 132 valence electrons. The fourth-order valence-electron chi connectivity index (χ4n) is 3.08. The quantitative estimate of drug-likeness (QED) is 0.540. The normalized spacial score (nSPS) is 10.7. The molecule has 0 spiro atoms. The Morgan fingerprint density at radius 3 is 2.59 bits per heavy atom. The van der Waals surface area contributed by atoms with Crippen LogP contribution in [-0.4, -0.2) is 9.97 Å². The average Bonchev–Trinajstić information content (AvgIpc) is 3.09. The highest BCUT2D eigenvalue weighted by Crippen LogP contribution is 2.37. The minimum atomic E-state index is -0.536. The van der Waals surface area contributed by atoms with Crippen molar-refractivity contribution >= 4 is 22.9 Å². The molecule has 0 bridgehead atoms. The Bertz CT molecular complexity index is 1190. The van der Waals surface area contributed by atoms with Gasteiger partial charge in [0.25, 0.3) is 0 Å². The summed E-state index contributed by atoms with van der Waals surface area (Å²) < 4.78 is 20.9. The molecular weight excluding hydrogens is 343 g/mol. The number of nitrogens with zero attached hydrogens (tertiary/aromatic N) is 3. The topological polar surface area (TPSA) is 74.7 Å². The van der Waals surface area contributed by atoms with Gasteiger partial charge in [-0.15, -0.1) is 0 Å². The molecule has 4 aromatic rings. The molecule has 0 amide bonds. The number of nitrogens with one attached hydrogen (secondary N) is 1. The molecule has 2 aromatic carbocycles. The van der Waals surface area contributed by atoms with E-state index in [1.54, 1.807) is 25.3 Å². The van der Waals surface area contributed by atoms with E-state index < -0.39 is 5.82 Å². The van der Waals surface area contributed by atoms with Crippen LogP contribution in [0.4, 0.5) is 16.2 Å². The van der Waals surface area contributed by atoms with Gasteiger partial charge in [-0.3, -0.25) is 5.32 Å². The molecule has 0 radical (unpaired) electrons. The molecule has 1 N–H and O–H groups in total. The molecule has 0 unspecified atom stereocenters. The first kappa shape index (κ1) is 16.7. The van der Waals surface area contributed by atoms with Crippen molar-refractivity contribution in [2.24, 2.45) is 0 Å². The zero-order valence-corrected chi connectivity index (χ0v) is 14.7. The van der Waals surface area contributed by atoms with Crippen LogP contribution in [0.25, 0.3) is 22.2 Å². The van der Waals surface area contributed by atoms with Gasteiger partial charge < -0.3 is 4.42 Å². The first-order chi connectivity index (χ1) is 13.1. The van der Waals surface area contributed by atoms with E-state index in [9.17, 15) is 5.26 Å². The molecule has 27 heavy (non-hydrogen) atoms. The van der Waals surface area contributed by atoms with E-state index in [-0.39, 0.29) is 17.1 Å². The highest BCUT2D eigenvalue weighted by molar-refractivity contribution is 5.90. The lowest BCUT2D eigenvalue weighted by Crippen LogP contribution is -1.96. The summed E-state index contributed by atoms with van der Waals surface area (Å²) in [4.78, 5) is 8.52. The fraction of sp³-hybridized carbons (Fsp3) is 0.0952. The van der Waals surface area contributed by atoms with Crippen molar-refractivity contribution in [1.29, 1.82) is 5.26 Å². The molecule has 4 rings (SSSR count). The van der Waals surface area contributed by atoms with Crippen LogP contribution in [0, 0.1) is 31.0 Å². The minimum Gasteiger partial charge on any atom is -0.420 e. The number of hydrogen-bond acceptors (Lipinski definition) is 5. The van der Waals surface area contributed by atoms with Gasteiger partial charge in [0, 0.05) is 11.8 Å². The van der Waals surface area contributed by atoms with Crippen molar-refractivity contribution in [3.05, 3.63) is 71.2 Å². The number of fused-ring (bicyclic) bond motifs is 1. The molecule has 2 heterocycles. The van der Waals surface area contributed by atoms with E-state index in [1.165, 1.54) is 0 Å². The molecule has 5 nitrogen and oxygen atoms in total. The van der Waals surface area contributed by atoms with Crippen molar-refractivity contribution in [1.82, 2.24) is 9.97 Å². The zero-order valence-electron chi connectivity index (χ0n) is 14.7. The number of benzene rings is 2. The van der Waals surface area contributed by atoms with Crippen molar-refractivity contribution in [3.63, 3.8) is 0 Å². The van der Waals surface area contributed by atoms with Gasteiger partial charge in [-0.1, -0.05) is 36.4 Å². The summed E-state index contributed by atoms with van der Waals surface area (Å²) in [6.45, 7) is 3.60. The SMILES string of the molecule is Cc1cccnc1Nc1nc2c(C#N)c(C)c(-c3ccccc3)c(F)c2o1. The molecule has 0 aliphatic carbocycles. The summed E-state index contributed by atoms with van der Waals surface area (Å²) in [5, 5.41) is 12.6. The van der Waals surface area contributed by atoms with E-state index in [0.717, 1.165) is 5.56 Å². The number of pyridine rings is 1. The van der Waals surface area contributed by atoms with Crippen LogP contribution in [-0.2, 0) is 0 Å². The highest BCUT2D eigenvalue weighted by atomic mass is 19.1. The molecule has 6 heteroatoms. The first-order valence-electron chi connectivity index (χ1n) is 8.37. The van der Waals surface area contributed by atoms with Crippen molar-refractivity contribution in [3.8, 4) is 17.2 Å². The average molecular weight is 358 g/mol. The van der Waals surface area contributed by atoms with Gasteiger partial charge in [-0.05, 0) is 36.6 Å². The smallest absolute Gasteiger partial charge is 0.301 e. The van der Waals surface area contributed by atoms with E-state index >= 15 is 4.39 Å². The Morgan fingerprint density at radius 2 is 1.89 bits per heavy atom. The van der Waals surface area contributed by atoms with Gasteiger partial charge in [-0.25, -0.2) is 9.37 Å². The van der Waals surface area contributed by atoms with Crippen LogP contribution in [0.3, 0.4) is 0 Å². The maximum absolute atomic E-state index is 15.3. The van der Waals surface area contributed by atoms with Gasteiger partial charge >= 0.3 is 6.01 Å². The van der Waals surface area contributed by atoms with Gasteiger partial charge in [0.1, 0.15) is 17.4 Å². The van der Waals surface area contributed by atoms with E-state index in [2.05, 4.69) is 21.4 Å². The van der Waals surface area contributed by atoms with Crippen molar-refractivity contribution in [2.45, 2.75) is 13.8 Å². The lowest BCUT2D eigenvalue weighted by Gasteiger charge is -2.09. The highest BCUT2D eigenvalue weighted by Gasteiger charge is 2.23. The molecule has 0 aliphatic rings. The van der Waals surface area contributed by atoms with E-state index in [0.29, 0.717) is 28.1 Å². The van der Waals surface area contributed by atoms with Gasteiger partial charge in [-0.2, -0.15) is 10.2 Å². The largest absolute Gasteiger partial charge is 0.420 e. The van der Waals surface area contributed by atoms with Gasteiger partial charge in [0.05, 0.1) is 5.56 Å². The van der Waals surface area contributed by atoms with Crippen LogP contribution in [0.5, 0.6) is 0 Å². The maximum Gasteiger partial charge on any atom is 0.301 e. The number of rotatable bonds is 3. The number of anilines is 2. The molecule has 0 saturated carbocycles. The van der Waals surface area contributed by atoms with Crippen LogP contribution in [0.1, 0.15) is 16.7 Å². The summed E-state index contributed by atoms with van der Waals surface area (Å²) in [7, 11) is 0. The van der Waals surface area contributed by atoms with Crippen LogP contribution in [0.2, 0.25) is 0 Å². The first-order valence-corrected chi connectivity index (χ1v) is 8.37. The van der Waals surface area contributed by atoms with Gasteiger partial charge in [0.2, 0.25) is 0 Å². The third kappa shape index (κ3) is 2.79. The van der Waals surface area contributed by atoms with E-state index in [4.69, 9.17) is 4.42 Å². The number of nitriles is 1. The number of hydrogen-bond donors (Lipinski definition) is 1. The molecule has 0 fully saturated rings. The van der Waals surface area contributed by atoms with Crippen LogP contribution in [0.15, 0.2) is 53.1 Å². The fourth-order valence-corrected chi connectivity index (χ4v) is 3.08. The maximum atomic E-state index is 15.3. The Kier molecular flexibility index (Phi) is 4.05. The lowest BCUT2D eigenvalue weighted by atomic mass is 9.95. The lowest BCUT2D eigenvalue weighted by molar-refractivity contribution is 0.567. The standard InChI is InChI=1S/C21H15FN4O/c1-12-7-6-10-24-20(12)26-21-25-18-15(11-23)13(2)16(17(22)19(18)27-21)14-8-4-3-5-9-14/h3-10H,1-2H3,(H,24,25,26). The summed E-state index contributed by atoms with van der Waals surface area (Å²) in [5.74, 6) is 0.0222. The van der Waals surface area contributed by atoms with Crippen molar-refractivity contribution < 1.29 is 8.81 Å². The third-order valence-electron chi connectivity index (χ3n) is 4.44. The summed E-state index contributed by atoms with van der Waals surface area (Å²) in [6.07, 6.45) is 1.64. The monoisotopic (exact) mass is 358 g/mol. The zero-order chi connectivity index (χ0) is 19.0. The van der Waals surface area contributed by atoms with Crippen LogP contribution < -0.4 is 5.32 Å². The molecule has 0 saturated heterocycles. The van der Waals surface area contributed by atoms with E-state index in [1.807, 2.05) is 37.3 Å². The Morgan fingerprint density at radius 1 is 1.11 bits per heavy atom. The second-order valence-corrected chi connectivity index (χ2v) is 6.16. The van der Waals surface area contributed by atoms with Gasteiger partial charge in [0.15, 0.2) is 11.4 Å². The molecular formula is C21H15FN4O. The Balaban J connectivity index is 1.92. The minimum absolute atomic E-state index is 0.0490.